The van der Waals surface area contributed by atoms with Gasteiger partial charge in [-0.3, -0.25) is 4.79 Å². The van der Waals surface area contributed by atoms with E-state index in [-0.39, 0.29) is 18.7 Å². The molecule has 34 heavy (non-hydrogen) atoms. The number of hydrogen-bond donors (Lipinski definition) is 1. The molecule has 5 rings (SSSR count). The van der Waals surface area contributed by atoms with Crippen LogP contribution in [0.1, 0.15) is 53.2 Å². The molecule has 2 aromatic heterocycles. The van der Waals surface area contributed by atoms with Crippen LogP contribution in [0.5, 0.6) is 11.5 Å². The molecule has 4 heterocycles. The Morgan fingerprint density at radius 2 is 2.06 bits per heavy atom. The van der Waals surface area contributed by atoms with E-state index >= 15 is 0 Å². The molecular formula is C26H29N3O4S. The second-order valence-electron chi connectivity index (χ2n) is 8.60. The first-order valence-corrected chi connectivity index (χ1v) is 12.8. The van der Waals surface area contributed by atoms with Gasteiger partial charge in [0.15, 0.2) is 11.5 Å². The lowest BCUT2D eigenvalue weighted by molar-refractivity contribution is -0.143. The number of nitrogens with one attached hydrogen (secondary N) is 1. The lowest BCUT2D eigenvalue weighted by Crippen LogP contribution is -2.14. The topological polar surface area (TPSA) is 82.6 Å². The minimum Gasteiger partial charge on any atom is -0.466 e. The fraction of sp³-hybridized carbons (Fsp3) is 0.423. The average Bonchev–Trinajstić information content (AvgIpc) is 3.51. The van der Waals surface area contributed by atoms with E-state index in [2.05, 4.69) is 22.8 Å². The number of aromatic nitrogens is 2. The van der Waals surface area contributed by atoms with E-state index in [0.717, 1.165) is 65.1 Å². The maximum Gasteiger partial charge on any atom is 0.306 e. The molecule has 0 fully saturated rings. The Kier molecular flexibility index (Phi) is 6.94. The summed E-state index contributed by atoms with van der Waals surface area (Å²) in [5.74, 6) is 2.25. The monoisotopic (exact) mass is 479 g/mol. The van der Waals surface area contributed by atoms with Crippen molar-refractivity contribution in [2.45, 2.75) is 51.4 Å². The molecule has 3 aromatic rings. The predicted molar refractivity (Wildman–Crippen MR) is 131 cm³/mol. The Morgan fingerprint density at radius 3 is 2.97 bits per heavy atom. The Bertz CT molecular complexity index is 1160. The van der Waals surface area contributed by atoms with E-state index in [1.165, 1.54) is 12.0 Å². The van der Waals surface area contributed by atoms with Gasteiger partial charge >= 0.3 is 5.97 Å². The fourth-order valence-electron chi connectivity index (χ4n) is 4.45. The Balaban J connectivity index is 1.26. The first kappa shape index (κ1) is 22.7. The van der Waals surface area contributed by atoms with Gasteiger partial charge in [-0.1, -0.05) is 12.1 Å². The van der Waals surface area contributed by atoms with E-state index in [4.69, 9.17) is 24.2 Å². The van der Waals surface area contributed by atoms with Gasteiger partial charge in [0.1, 0.15) is 5.82 Å². The molecule has 0 spiro atoms. The van der Waals surface area contributed by atoms with E-state index in [9.17, 15) is 4.79 Å². The number of carbonyl (C=O) groups is 1. The van der Waals surface area contributed by atoms with Crippen LogP contribution in [0.4, 0.5) is 5.82 Å². The molecular weight excluding hydrogens is 450 g/mol. The van der Waals surface area contributed by atoms with Crippen LogP contribution in [0.15, 0.2) is 35.7 Å². The Labute approximate surface area is 203 Å². The molecule has 2 aliphatic rings. The van der Waals surface area contributed by atoms with Crippen molar-refractivity contribution in [1.82, 2.24) is 9.97 Å². The molecule has 0 aliphatic carbocycles. The molecule has 1 atom stereocenters. The first-order chi connectivity index (χ1) is 16.7. The molecule has 8 heteroatoms. The third-order valence-corrected chi connectivity index (χ3v) is 7.15. The lowest BCUT2D eigenvalue weighted by Gasteiger charge is -2.17. The number of thiazole rings is 1. The van der Waals surface area contributed by atoms with Gasteiger partial charge in [0.2, 0.25) is 6.79 Å². The molecule has 0 saturated heterocycles. The van der Waals surface area contributed by atoms with Crippen LogP contribution in [-0.2, 0) is 35.2 Å². The second kappa shape index (κ2) is 10.4. The highest BCUT2D eigenvalue weighted by Gasteiger charge is 2.22. The molecule has 178 valence electrons. The van der Waals surface area contributed by atoms with Crippen molar-refractivity contribution in [3.63, 3.8) is 0 Å². The van der Waals surface area contributed by atoms with Crippen molar-refractivity contribution < 1.29 is 19.0 Å². The van der Waals surface area contributed by atoms with Crippen molar-refractivity contribution in [1.29, 1.82) is 0 Å². The fourth-order valence-corrected chi connectivity index (χ4v) is 5.26. The van der Waals surface area contributed by atoms with Crippen LogP contribution in [-0.4, -0.2) is 35.9 Å². The standard InChI is InChI=1S/C26H29N3O4S/c1-2-31-25(30)14-19(18-6-9-22-23(13-18)33-16-32-22)12-21-15-34-24(28-21)10-8-20-7-5-17-4-3-11-27-26(17)29-20/h5-7,9,13,15,19H,2-4,8,10-12,14,16H2,1H3,(H,27,29). The molecule has 0 radical (unpaired) electrons. The zero-order valence-electron chi connectivity index (χ0n) is 19.3. The van der Waals surface area contributed by atoms with Gasteiger partial charge in [-0.05, 0) is 61.9 Å². The molecule has 1 unspecified atom stereocenters. The summed E-state index contributed by atoms with van der Waals surface area (Å²) < 4.78 is 16.2. The third-order valence-electron chi connectivity index (χ3n) is 6.19. The van der Waals surface area contributed by atoms with Gasteiger partial charge in [-0.2, -0.15) is 0 Å². The highest BCUT2D eigenvalue weighted by Crippen LogP contribution is 2.36. The molecule has 7 nitrogen and oxygen atoms in total. The molecule has 1 N–H and O–H groups in total. The Morgan fingerprint density at radius 1 is 1.15 bits per heavy atom. The zero-order chi connectivity index (χ0) is 23.3. The molecule has 0 bridgehead atoms. The average molecular weight is 480 g/mol. The number of pyridine rings is 1. The van der Waals surface area contributed by atoms with Gasteiger partial charge in [-0.15, -0.1) is 11.3 Å². The number of hydrogen-bond acceptors (Lipinski definition) is 8. The summed E-state index contributed by atoms with van der Waals surface area (Å²) in [6.07, 6.45) is 4.93. The van der Waals surface area contributed by atoms with E-state index < -0.39 is 0 Å². The molecule has 0 saturated carbocycles. The SMILES string of the molecule is CCOC(=O)CC(Cc1csc(CCc2ccc3c(n2)NCCC3)n1)c1ccc2c(c1)OCO2. The van der Waals surface area contributed by atoms with E-state index in [1.807, 2.05) is 25.1 Å². The number of esters is 1. The normalized spacial score (nSPS) is 14.9. The number of fused-ring (bicyclic) bond motifs is 2. The highest BCUT2D eigenvalue weighted by molar-refractivity contribution is 7.09. The van der Waals surface area contributed by atoms with E-state index in [0.29, 0.717) is 19.4 Å². The number of aryl methyl sites for hydroxylation is 3. The predicted octanol–water partition coefficient (Wildman–Crippen LogP) is 4.69. The van der Waals surface area contributed by atoms with Gasteiger partial charge < -0.3 is 19.5 Å². The number of ether oxygens (including phenoxy) is 3. The van der Waals surface area contributed by atoms with Gasteiger partial charge in [-0.25, -0.2) is 9.97 Å². The first-order valence-electron chi connectivity index (χ1n) is 11.9. The van der Waals surface area contributed by atoms with Crippen molar-refractivity contribution in [3.8, 4) is 11.5 Å². The van der Waals surface area contributed by atoms with Crippen molar-refractivity contribution in [2.75, 3.05) is 25.3 Å². The summed E-state index contributed by atoms with van der Waals surface area (Å²) in [6.45, 7) is 3.43. The van der Waals surface area contributed by atoms with Gasteiger partial charge in [0, 0.05) is 30.0 Å². The van der Waals surface area contributed by atoms with Crippen molar-refractivity contribution in [3.05, 3.63) is 63.2 Å². The molecule has 2 aliphatic heterocycles. The summed E-state index contributed by atoms with van der Waals surface area (Å²) >= 11 is 1.67. The van der Waals surface area contributed by atoms with Crippen LogP contribution in [0, 0.1) is 0 Å². The zero-order valence-corrected chi connectivity index (χ0v) is 20.2. The summed E-state index contributed by atoms with van der Waals surface area (Å²) in [5, 5.41) is 6.59. The number of rotatable bonds is 9. The van der Waals surface area contributed by atoms with Crippen LogP contribution < -0.4 is 14.8 Å². The molecule has 0 amide bonds. The minimum absolute atomic E-state index is 0.0445. The quantitative estimate of drug-likeness (QED) is 0.446. The summed E-state index contributed by atoms with van der Waals surface area (Å²) in [7, 11) is 0. The van der Waals surface area contributed by atoms with Crippen LogP contribution in [0.25, 0.3) is 0 Å². The summed E-state index contributed by atoms with van der Waals surface area (Å²) in [6, 6.07) is 10.2. The number of anilines is 1. The smallest absolute Gasteiger partial charge is 0.306 e. The second-order valence-corrected chi connectivity index (χ2v) is 9.54. The van der Waals surface area contributed by atoms with Crippen LogP contribution in [0.2, 0.25) is 0 Å². The minimum atomic E-state index is -0.201. The van der Waals surface area contributed by atoms with Crippen molar-refractivity contribution >= 4 is 23.1 Å². The summed E-state index contributed by atoms with van der Waals surface area (Å²) in [5.41, 5.74) is 4.41. The van der Waals surface area contributed by atoms with Crippen LogP contribution >= 0.6 is 11.3 Å². The maximum absolute atomic E-state index is 12.3. The van der Waals surface area contributed by atoms with Crippen molar-refractivity contribution in [2.24, 2.45) is 0 Å². The lowest BCUT2D eigenvalue weighted by atomic mass is 9.91. The van der Waals surface area contributed by atoms with Gasteiger partial charge in [0.25, 0.3) is 0 Å². The highest BCUT2D eigenvalue weighted by atomic mass is 32.1. The number of nitrogens with zero attached hydrogens (tertiary/aromatic N) is 2. The number of benzene rings is 1. The van der Waals surface area contributed by atoms with E-state index in [1.54, 1.807) is 11.3 Å². The van der Waals surface area contributed by atoms with Crippen LogP contribution in [0.3, 0.4) is 0 Å². The maximum atomic E-state index is 12.3. The number of carbonyl (C=O) groups excluding carboxylic acids is 1. The largest absolute Gasteiger partial charge is 0.466 e. The summed E-state index contributed by atoms with van der Waals surface area (Å²) in [4.78, 5) is 22.0. The third kappa shape index (κ3) is 5.33. The Hall–Kier alpha value is -3.13. The van der Waals surface area contributed by atoms with Gasteiger partial charge in [0.05, 0.1) is 23.7 Å². The molecule has 1 aromatic carbocycles.